The van der Waals surface area contributed by atoms with Crippen LogP contribution in [0.5, 0.6) is 0 Å². The zero-order valence-corrected chi connectivity index (χ0v) is 21.7. The summed E-state index contributed by atoms with van der Waals surface area (Å²) < 4.78 is 11.0. The summed E-state index contributed by atoms with van der Waals surface area (Å²) in [4.78, 5) is 31.7. The largest absolute Gasteiger partial charge is 0.469 e. The number of carbonyl (C=O) groups is 2. The lowest BCUT2D eigenvalue weighted by Gasteiger charge is -2.47. The molecule has 2 saturated carbocycles. The van der Waals surface area contributed by atoms with Crippen LogP contribution in [0.2, 0.25) is 0 Å². The highest BCUT2D eigenvalue weighted by Gasteiger charge is 2.42. The van der Waals surface area contributed by atoms with E-state index in [1.165, 1.54) is 39.2 Å². The van der Waals surface area contributed by atoms with Crippen molar-refractivity contribution in [3.05, 3.63) is 29.8 Å². The van der Waals surface area contributed by atoms with Crippen LogP contribution < -0.4 is 10.6 Å². The Morgan fingerprint density at radius 3 is 2.11 bits per heavy atom. The Morgan fingerprint density at radius 1 is 0.917 bits per heavy atom. The Labute approximate surface area is 214 Å². The van der Waals surface area contributed by atoms with Gasteiger partial charge in [0.1, 0.15) is 5.84 Å². The van der Waals surface area contributed by atoms with Crippen LogP contribution in [-0.2, 0) is 19.1 Å². The van der Waals surface area contributed by atoms with Crippen LogP contribution in [0.4, 0.5) is 5.69 Å². The van der Waals surface area contributed by atoms with Gasteiger partial charge in [-0.25, -0.2) is 4.79 Å². The number of carbonyl (C=O) groups excluding carboxylic acids is 2. The number of oxime groups is 1. The van der Waals surface area contributed by atoms with Crippen molar-refractivity contribution in [2.24, 2.45) is 28.6 Å². The lowest BCUT2D eigenvalue weighted by Crippen LogP contribution is -2.50. The van der Waals surface area contributed by atoms with Gasteiger partial charge in [0.25, 0.3) is 0 Å². The van der Waals surface area contributed by atoms with Gasteiger partial charge in [0.05, 0.1) is 24.2 Å². The summed E-state index contributed by atoms with van der Waals surface area (Å²) in [7, 11) is 3.29. The number of ether oxygens (including phenoxy) is 2. The normalized spacial score (nSPS) is 25.3. The number of amidine groups is 1. The highest BCUT2D eigenvalue weighted by Crippen LogP contribution is 2.42. The van der Waals surface area contributed by atoms with Crippen molar-refractivity contribution < 1.29 is 23.9 Å². The fraction of sp³-hybridized carbons (Fsp3) is 0.679. The minimum atomic E-state index is -0.526. The smallest absolute Gasteiger partial charge is 0.365 e. The van der Waals surface area contributed by atoms with Gasteiger partial charge in [0.15, 0.2) is 0 Å². The van der Waals surface area contributed by atoms with Crippen LogP contribution >= 0.6 is 0 Å². The highest BCUT2D eigenvalue weighted by molar-refractivity contribution is 5.91. The summed E-state index contributed by atoms with van der Waals surface area (Å²) in [5.74, 6) is 0.196. The summed E-state index contributed by atoms with van der Waals surface area (Å²) >= 11 is 0. The molecule has 3 aliphatic rings. The summed E-state index contributed by atoms with van der Waals surface area (Å²) in [6.45, 7) is 1.90. The number of rotatable bonds is 7. The maximum absolute atomic E-state index is 12.5. The molecule has 4 rings (SSSR count). The van der Waals surface area contributed by atoms with E-state index in [1.54, 1.807) is 12.1 Å². The number of benzene rings is 1. The highest BCUT2D eigenvalue weighted by atomic mass is 16.7. The molecule has 0 atom stereocenters. The number of anilines is 1. The second-order valence-electron chi connectivity index (χ2n) is 10.6. The van der Waals surface area contributed by atoms with Gasteiger partial charge in [-0.1, -0.05) is 24.4 Å². The number of hydrogen-bond donors (Lipinski definition) is 1. The predicted molar refractivity (Wildman–Crippen MR) is 139 cm³/mol. The van der Waals surface area contributed by atoms with Crippen molar-refractivity contribution in [1.29, 1.82) is 0 Å². The number of hydrogen-bond acceptors (Lipinski definition) is 7. The van der Waals surface area contributed by atoms with E-state index in [2.05, 4.69) is 10.1 Å². The zero-order valence-electron chi connectivity index (χ0n) is 21.7. The molecule has 8 heteroatoms. The van der Waals surface area contributed by atoms with Crippen molar-refractivity contribution in [2.45, 2.75) is 76.2 Å². The van der Waals surface area contributed by atoms with E-state index in [4.69, 9.17) is 20.0 Å². The summed E-state index contributed by atoms with van der Waals surface area (Å²) in [6.07, 6.45) is 11.5. The van der Waals surface area contributed by atoms with Crippen LogP contribution in [0.15, 0.2) is 29.4 Å². The second kappa shape index (κ2) is 12.1. The molecule has 0 spiro atoms. The first-order chi connectivity index (χ1) is 17.5. The van der Waals surface area contributed by atoms with E-state index in [0.29, 0.717) is 30.2 Å². The van der Waals surface area contributed by atoms with Gasteiger partial charge in [-0.15, -0.1) is 0 Å². The number of esters is 1. The molecule has 0 radical (unpaired) electrons. The molecule has 0 unspecified atom stereocenters. The van der Waals surface area contributed by atoms with Gasteiger partial charge in [-0.05, 0) is 81.5 Å². The number of nitrogens with two attached hydrogens (primary N) is 1. The Hall–Kier alpha value is -2.61. The average Bonchev–Trinajstić information content (AvgIpc) is 2.96. The molecule has 0 amide bonds. The number of nitrogens with zero attached hydrogens (tertiary/aromatic N) is 2. The van der Waals surface area contributed by atoms with Gasteiger partial charge in [0.2, 0.25) is 0 Å². The Morgan fingerprint density at radius 2 is 1.53 bits per heavy atom. The van der Waals surface area contributed by atoms with Gasteiger partial charge >= 0.3 is 11.9 Å². The SMILES string of the molecule is COC(=O)C1CCC(C(N)=NOC(=O)c2ccc(N3CCC(OC)(C4CCCCC4)CC3)cc2)CC1. The molecule has 198 valence electrons. The molecule has 0 bridgehead atoms. The molecular weight excluding hydrogens is 458 g/mol. The first-order valence-electron chi connectivity index (χ1n) is 13.5. The summed E-state index contributed by atoms with van der Waals surface area (Å²) in [5, 5.41) is 3.90. The minimum absolute atomic E-state index is 0.00742. The van der Waals surface area contributed by atoms with E-state index < -0.39 is 5.97 Å². The van der Waals surface area contributed by atoms with Gasteiger partial charge in [0, 0.05) is 31.8 Å². The van der Waals surface area contributed by atoms with Crippen molar-refractivity contribution in [2.75, 3.05) is 32.2 Å². The van der Waals surface area contributed by atoms with Crippen molar-refractivity contribution in [1.82, 2.24) is 0 Å². The average molecular weight is 500 g/mol. The topological polar surface area (TPSA) is 103 Å². The molecule has 3 fully saturated rings. The Kier molecular flexibility index (Phi) is 8.88. The van der Waals surface area contributed by atoms with Gasteiger partial charge < -0.3 is 24.9 Å². The molecular formula is C28H41N3O5. The minimum Gasteiger partial charge on any atom is -0.469 e. The molecule has 2 aliphatic carbocycles. The molecule has 1 aliphatic heterocycles. The van der Waals surface area contributed by atoms with Crippen LogP contribution in [0, 0.1) is 17.8 Å². The van der Waals surface area contributed by atoms with E-state index in [0.717, 1.165) is 44.5 Å². The molecule has 1 saturated heterocycles. The van der Waals surface area contributed by atoms with E-state index in [1.807, 2.05) is 19.2 Å². The zero-order chi connectivity index (χ0) is 25.5. The molecule has 2 N–H and O–H groups in total. The van der Waals surface area contributed by atoms with Crippen LogP contribution in [0.3, 0.4) is 0 Å². The first-order valence-corrected chi connectivity index (χ1v) is 13.5. The van der Waals surface area contributed by atoms with E-state index >= 15 is 0 Å². The van der Waals surface area contributed by atoms with Crippen molar-refractivity contribution >= 4 is 23.5 Å². The lowest BCUT2D eigenvalue weighted by molar-refractivity contribution is -0.146. The molecule has 1 aromatic carbocycles. The standard InChI is InChI=1S/C28H41N3O5/c1-34-26(32)21-10-8-20(9-11-21)25(29)30-36-27(33)22-12-14-24(15-13-22)31-18-16-28(35-2,17-19-31)23-6-4-3-5-7-23/h12-15,20-21,23H,3-11,16-19H2,1-2H3,(H2,29,30). The third-order valence-corrected chi connectivity index (χ3v) is 8.75. The molecule has 36 heavy (non-hydrogen) atoms. The molecule has 0 aromatic heterocycles. The Bertz CT molecular complexity index is 910. The second-order valence-corrected chi connectivity index (χ2v) is 10.6. The molecule has 1 aromatic rings. The number of piperidine rings is 1. The summed E-state index contributed by atoms with van der Waals surface area (Å²) in [5.41, 5.74) is 7.63. The number of methoxy groups -OCH3 is 2. The third kappa shape index (κ3) is 6.02. The van der Waals surface area contributed by atoms with Crippen LogP contribution in [0.1, 0.15) is 81.0 Å². The molecule has 1 heterocycles. The maximum Gasteiger partial charge on any atom is 0.365 e. The molecule has 8 nitrogen and oxygen atoms in total. The van der Waals surface area contributed by atoms with E-state index in [-0.39, 0.29) is 23.4 Å². The first kappa shape index (κ1) is 26.5. The maximum atomic E-state index is 12.5. The Balaban J connectivity index is 1.27. The van der Waals surface area contributed by atoms with Crippen LogP contribution in [-0.4, -0.2) is 50.7 Å². The summed E-state index contributed by atoms with van der Waals surface area (Å²) in [6, 6.07) is 7.50. The fourth-order valence-corrected chi connectivity index (χ4v) is 6.37. The lowest BCUT2D eigenvalue weighted by atomic mass is 9.72. The van der Waals surface area contributed by atoms with Crippen molar-refractivity contribution in [3.8, 4) is 0 Å². The van der Waals surface area contributed by atoms with E-state index in [9.17, 15) is 9.59 Å². The predicted octanol–water partition coefficient (Wildman–Crippen LogP) is 4.66. The third-order valence-electron chi connectivity index (χ3n) is 8.75. The van der Waals surface area contributed by atoms with Gasteiger partial charge in [-0.2, -0.15) is 0 Å². The quantitative estimate of drug-likeness (QED) is 0.191. The van der Waals surface area contributed by atoms with Crippen molar-refractivity contribution in [3.63, 3.8) is 0 Å². The van der Waals surface area contributed by atoms with Crippen LogP contribution in [0.25, 0.3) is 0 Å². The monoisotopic (exact) mass is 499 g/mol. The van der Waals surface area contributed by atoms with Gasteiger partial charge in [-0.3, -0.25) is 4.79 Å². The fourth-order valence-electron chi connectivity index (χ4n) is 6.37.